The lowest BCUT2D eigenvalue weighted by molar-refractivity contribution is -0.139. The number of sulfonamides is 1. The number of nitrogens with one attached hydrogen (secondary N) is 1. The zero-order valence-corrected chi connectivity index (χ0v) is 26.5. The average Bonchev–Trinajstić information content (AvgIpc) is 3.00. The van der Waals surface area contributed by atoms with Crippen molar-refractivity contribution < 1.29 is 22.7 Å². The van der Waals surface area contributed by atoms with Crippen LogP contribution in [0.25, 0.3) is 0 Å². The zero-order valence-electron chi connectivity index (χ0n) is 25.0. The fraction of sp³-hybridized carbons (Fsp3) is 0.394. The van der Waals surface area contributed by atoms with Crippen molar-refractivity contribution in [3.05, 3.63) is 88.9 Å². The van der Waals surface area contributed by atoms with Gasteiger partial charge in [-0.25, -0.2) is 8.42 Å². The number of aryl methyl sites for hydroxylation is 1. The van der Waals surface area contributed by atoms with Crippen molar-refractivity contribution in [2.75, 3.05) is 17.5 Å². The zero-order chi connectivity index (χ0) is 31.0. The molecule has 1 aliphatic rings. The monoisotopic (exact) mass is 625 g/mol. The van der Waals surface area contributed by atoms with E-state index >= 15 is 0 Å². The Morgan fingerprint density at radius 3 is 2.19 bits per heavy atom. The van der Waals surface area contributed by atoms with Crippen LogP contribution in [0.4, 0.5) is 5.69 Å². The van der Waals surface area contributed by atoms with Crippen LogP contribution < -0.4 is 14.4 Å². The quantitative estimate of drug-likeness (QED) is 0.262. The van der Waals surface area contributed by atoms with Crippen LogP contribution in [-0.4, -0.2) is 50.4 Å². The topological polar surface area (TPSA) is 96.0 Å². The molecule has 3 aromatic carbocycles. The van der Waals surface area contributed by atoms with E-state index in [1.54, 1.807) is 67.6 Å². The predicted octanol–water partition coefficient (Wildman–Crippen LogP) is 6.11. The third-order valence-electron chi connectivity index (χ3n) is 7.71. The van der Waals surface area contributed by atoms with Gasteiger partial charge in [0.25, 0.3) is 10.0 Å². The summed E-state index contributed by atoms with van der Waals surface area (Å²) < 4.78 is 34.6. The van der Waals surface area contributed by atoms with E-state index < -0.39 is 28.5 Å². The number of rotatable bonds is 12. The molecule has 1 aliphatic carbocycles. The fourth-order valence-electron chi connectivity index (χ4n) is 5.18. The molecule has 3 aromatic rings. The molecule has 0 aromatic heterocycles. The van der Waals surface area contributed by atoms with Gasteiger partial charge >= 0.3 is 0 Å². The van der Waals surface area contributed by atoms with Crippen LogP contribution in [0.5, 0.6) is 5.75 Å². The fourth-order valence-corrected chi connectivity index (χ4v) is 6.72. The first-order valence-corrected chi connectivity index (χ1v) is 16.6. The van der Waals surface area contributed by atoms with Crippen LogP contribution in [0.2, 0.25) is 5.02 Å². The smallest absolute Gasteiger partial charge is 0.264 e. The second-order valence-corrected chi connectivity index (χ2v) is 13.2. The summed E-state index contributed by atoms with van der Waals surface area (Å²) in [6, 6.07) is 19.3. The molecule has 0 aliphatic heterocycles. The van der Waals surface area contributed by atoms with Crippen LogP contribution in [0.15, 0.2) is 77.7 Å². The minimum absolute atomic E-state index is 0.0622. The predicted molar refractivity (Wildman–Crippen MR) is 170 cm³/mol. The van der Waals surface area contributed by atoms with E-state index in [-0.39, 0.29) is 23.4 Å². The molecule has 0 spiro atoms. The first-order valence-electron chi connectivity index (χ1n) is 14.7. The Morgan fingerprint density at radius 1 is 0.953 bits per heavy atom. The molecule has 10 heteroatoms. The van der Waals surface area contributed by atoms with Gasteiger partial charge < -0.3 is 15.0 Å². The van der Waals surface area contributed by atoms with Gasteiger partial charge in [0.1, 0.15) is 18.3 Å². The molecule has 1 atom stereocenters. The maximum Gasteiger partial charge on any atom is 0.264 e. The van der Waals surface area contributed by atoms with Crippen LogP contribution in [0.3, 0.4) is 0 Å². The summed E-state index contributed by atoms with van der Waals surface area (Å²) in [5.74, 6) is -0.184. The number of nitrogens with zero attached hydrogens (tertiary/aromatic N) is 2. The van der Waals surface area contributed by atoms with Crippen LogP contribution in [0, 0.1) is 6.92 Å². The number of amides is 2. The van der Waals surface area contributed by atoms with Crippen molar-refractivity contribution in [3.8, 4) is 5.75 Å². The van der Waals surface area contributed by atoms with Gasteiger partial charge in [0.15, 0.2) is 0 Å². The minimum atomic E-state index is -4.14. The lowest BCUT2D eigenvalue weighted by Gasteiger charge is -2.33. The maximum atomic E-state index is 14.1. The first kappa shape index (κ1) is 32.4. The Hall–Kier alpha value is -3.56. The first-order chi connectivity index (χ1) is 20.6. The summed E-state index contributed by atoms with van der Waals surface area (Å²) in [7, 11) is -4.14. The van der Waals surface area contributed by atoms with Gasteiger partial charge in [-0.05, 0) is 87.7 Å². The Labute approximate surface area is 260 Å². The van der Waals surface area contributed by atoms with Gasteiger partial charge in [0.2, 0.25) is 11.8 Å². The van der Waals surface area contributed by atoms with Crippen molar-refractivity contribution in [2.45, 2.75) is 76.4 Å². The molecule has 0 radical (unpaired) electrons. The molecule has 4 rings (SSSR count). The van der Waals surface area contributed by atoms with Crippen molar-refractivity contribution >= 4 is 39.1 Å². The molecule has 43 heavy (non-hydrogen) atoms. The van der Waals surface area contributed by atoms with Gasteiger partial charge in [-0.1, -0.05) is 60.7 Å². The Kier molecular flexibility index (Phi) is 11.1. The van der Waals surface area contributed by atoms with Gasteiger partial charge in [-0.2, -0.15) is 0 Å². The summed E-state index contributed by atoms with van der Waals surface area (Å²) in [5.41, 5.74) is 1.99. The lowest BCUT2D eigenvalue weighted by atomic mass is 9.95. The molecule has 0 heterocycles. The maximum absolute atomic E-state index is 14.1. The summed E-state index contributed by atoms with van der Waals surface area (Å²) in [6.45, 7) is 5.49. The highest BCUT2D eigenvalue weighted by molar-refractivity contribution is 7.92. The molecular formula is C33H40ClN3O5S. The average molecular weight is 626 g/mol. The molecule has 0 bridgehead atoms. The Balaban J connectivity index is 1.67. The van der Waals surface area contributed by atoms with E-state index in [0.29, 0.717) is 23.1 Å². The highest BCUT2D eigenvalue weighted by Gasteiger charge is 2.33. The van der Waals surface area contributed by atoms with Gasteiger partial charge in [-0.3, -0.25) is 13.9 Å². The van der Waals surface area contributed by atoms with Crippen LogP contribution in [-0.2, 0) is 26.2 Å². The summed E-state index contributed by atoms with van der Waals surface area (Å²) in [6.07, 6.45) is 5.08. The molecule has 1 N–H and O–H groups in total. The summed E-state index contributed by atoms with van der Waals surface area (Å²) >= 11 is 6.09. The van der Waals surface area contributed by atoms with Crippen LogP contribution >= 0.6 is 11.6 Å². The van der Waals surface area contributed by atoms with E-state index in [1.165, 1.54) is 17.0 Å². The molecule has 1 fully saturated rings. The van der Waals surface area contributed by atoms with E-state index in [4.69, 9.17) is 16.3 Å². The van der Waals surface area contributed by atoms with Crippen molar-refractivity contribution in [2.24, 2.45) is 0 Å². The molecular weight excluding hydrogens is 586 g/mol. The molecule has 8 nitrogen and oxygen atoms in total. The minimum Gasteiger partial charge on any atom is -0.494 e. The lowest BCUT2D eigenvalue weighted by Crippen LogP contribution is -2.53. The van der Waals surface area contributed by atoms with Crippen molar-refractivity contribution in [3.63, 3.8) is 0 Å². The highest BCUT2D eigenvalue weighted by atomic mass is 35.5. The van der Waals surface area contributed by atoms with E-state index in [9.17, 15) is 18.0 Å². The molecule has 1 saturated carbocycles. The normalized spacial score (nSPS) is 14.5. The number of benzene rings is 3. The molecule has 2 amide bonds. The van der Waals surface area contributed by atoms with Crippen LogP contribution in [0.1, 0.15) is 57.1 Å². The number of hydrogen-bond donors (Lipinski definition) is 1. The third kappa shape index (κ3) is 8.51. The largest absolute Gasteiger partial charge is 0.494 e. The van der Waals surface area contributed by atoms with Gasteiger partial charge in [0.05, 0.1) is 17.2 Å². The number of halogens is 1. The Bertz CT molecular complexity index is 1470. The Morgan fingerprint density at radius 2 is 1.58 bits per heavy atom. The second kappa shape index (κ2) is 14.8. The molecule has 0 unspecified atom stereocenters. The van der Waals surface area contributed by atoms with Crippen molar-refractivity contribution in [1.29, 1.82) is 0 Å². The summed E-state index contributed by atoms with van der Waals surface area (Å²) in [4.78, 5) is 29.1. The number of anilines is 1. The number of carbonyl (C=O) groups excluding carboxylic acids is 2. The number of carbonyl (C=O) groups is 2. The number of hydrogen-bond acceptors (Lipinski definition) is 5. The van der Waals surface area contributed by atoms with E-state index in [0.717, 1.165) is 47.5 Å². The highest BCUT2D eigenvalue weighted by Crippen LogP contribution is 2.27. The van der Waals surface area contributed by atoms with Gasteiger partial charge in [0, 0.05) is 17.6 Å². The SMILES string of the molecule is CCOc1ccc(N(CC(=O)N(Cc2ccc(Cl)cc2)[C@H](C)C(=O)NC2CCCCC2)S(=O)(=O)c2ccc(C)cc2)cc1. The second-order valence-electron chi connectivity index (χ2n) is 10.9. The third-order valence-corrected chi connectivity index (χ3v) is 9.75. The van der Waals surface area contributed by atoms with Gasteiger partial charge in [-0.15, -0.1) is 0 Å². The number of ether oxygens (including phenoxy) is 1. The molecule has 230 valence electrons. The van der Waals surface area contributed by atoms with E-state index in [2.05, 4.69) is 5.32 Å². The van der Waals surface area contributed by atoms with Crippen molar-refractivity contribution in [1.82, 2.24) is 10.2 Å². The molecule has 0 saturated heterocycles. The summed E-state index contributed by atoms with van der Waals surface area (Å²) in [5, 5.41) is 3.67. The van der Waals surface area contributed by atoms with E-state index in [1.807, 2.05) is 13.8 Å². The standard InChI is InChI=1S/C33H40ClN3O5S/c1-4-42-30-18-16-29(17-19-30)37(43(40,41)31-20-10-24(2)11-21-31)23-32(38)36(22-26-12-14-27(34)15-13-26)25(3)33(39)35-28-8-6-5-7-9-28/h10-21,25,28H,4-9,22-23H2,1-3H3,(H,35,39)/t25-/m1/s1.